The van der Waals surface area contributed by atoms with Gasteiger partial charge in [0.2, 0.25) is 5.95 Å². The summed E-state index contributed by atoms with van der Waals surface area (Å²) in [6.45, 7) is 3.64. The van der Waals surface area contributed by atoms with Crippen LogP contribution in [-0.4, -0.2) is 60.6 Å². The van der Waals surface area contributed by atoms with Crippen LogP contribution in [0.15, 0.2) is 47.6 Å². The van der Waals surface area contributed by atoms with Gasteiger partial charge in [-0.1, -0.05) is 30.3 Å². The molecule has 2 heterocycles. The molecule has 0 aliphatic carbocycles. The van der Waals surface area contributed by atoms with E-state index in [0.717, 1.165) is 25.4 Å². The van der Waals surface area contributed by atoms with E-state index in [1.165, 1.54) is 18.4 Å². The number of aromatic nitrogens is 2. The van der Waals surface area contributed by atoms with Gasteiger partial charge in [0.15, 0.2) is 5.96 Å². The highest BCUT2D eigenvalue weighted by Crippen LogP contribution is 2.27. The molecule has 1 aromatic carbocycles. The summed E-state index contributed by atoms with van der Waals surface area (Å²) >= 11 is 0. The minimum absolute atomic E-state index is 0.0576. The first-order valence-corrected chi connectivity index (χ1v) is 10.3. The predicted molar refractivity (Wildman–Crippen MR) is 115 cm³/mol. The predicted octanol–water partition coefficient (Wildman–Crippen LogP) is 2.91. The number of anilines is 1. The Bertz CT molecular complexity index is 836. The van der Waals surface area contributed by atoms with Gasteiger partial charge in [-0.05, 0) is 37.6 Å². The summed E-state index contributed by atoms with van der Waals surface area (Å²) < 4.78 is 38.2. The third-order valence-electron chi connectivity index (χ3n) is 5.10. The molecule has 1 aliphatic heterocycles. The zero-order valence-electron chi connectivity index (χ0n) is 17.5. The van der Waals surface area contributed by atoms with E-state index in [9.17, 15) is 13.2 Å². The van der Waals surface area contributed by atoms with Gasteiger partial charge < -0.3 is 16.0 Å². The van der Waals surface area contributed by atoms with Crippen molar-refractivity contribution >= 4 is 11.9 Å². The van der Waals surface area contributed by atoms with Gasteiger partial charge in [-0.2, -0.15) is 13.2 Å². The van der Waals surface area contributed by atoms with Crippen LogP contribution in [-0.2, 0) is 6.18 Å². The lowest BCUT2D eigenvalue weighted by Gasteiger charge is -2.29. The van der Waals surface area contributed by atoms with Crippen molar-refractivity contribution in [3.8, 4) is 0 Å². The van der Waals surface area contributed by atoms with Gasteiger partial charge in [0.05, 0.1) is 6.04 Å². The number of benzene rings is 1. The Hall–Kier alpha value is -2.88. The maximum absolute atomic E-state index is 12.7. The molecule has 1 atom stereocenters. The van der Waals surface area contributed by atoms with E-state index < -0.39 is 11.9 Å². The molecule has 0 spiro atoms. The van der Waals surface area contributed by atoms with E-state index in [1.54, 1.807) is 7.05 Å². The summed E-state index contributed by atoms with van der Waals surface area (Å²) in [6, 6.07) is 11.5. The fourth-order valence-corrected chi connectivity index (χ4v) is 3.56. The van der Waals surface area contributed by atoms with Crippen LogP contribution in [0.2, 0.25) is 0 Å². The molecule has 31 heavy (non-hydrogen) atoms. The molecule has 0 saturated carbocycles. The topological polar surface area (TPSA) is 77.5 Å². The number of likely N-dealkylation sites (tertiary alicyclic amines) is 1. The minimum atomic E-state index is -4.49. The molecule has 3 rings (SSSR count). The first-order chi connectivity index (χ1) is 15.0. The lowest BCUT2D eigenvalue weighted by Crippen LogP contribution is -2.43. The second-order valence-corrected chi connectivity index (χ2v) is 7.24. The van der Waals surface area contributed by atoms with Crippen LogP contribution in [0.1, 0.15) is 30.1 Å². The fraction of sp³-hybridized carbons (Fsp3) is 0.476. The van der Waals surface area contributed by atoms with Crippen LogP contribution in [0.4, 0.5) is 19.1 Å². The van der Waals surface area contributed by atoms with Crippen molar-refractivity contribution in [1.29, 1.82) is 0 Å². The third-order valence-corrected chi connectivity index (χ3v) is 5.10. The molecule has 1 aromatic heterocycles. The Morgan fingerprint density at radius 2 is 1.84 bits per heavy atom. The summed E-state index contributed by atoms with van der Waals surface area (Å²) in [4.78, 5) is 14.0. The molecule has 0 amide bonds. The number of guanidine groups is 1. The van der Waals surface area contributed by atoms with E-state index >= 15 is 0 Å². The molecular weight excluding hydrogens is 407 g/mol. The minimum Gasteiger partial charge on any atom is -0.355 e. The molecule has 1 fully saturated rings. The van der Waals surface area contributed by atoms with E-state index in [-0.39, 0.29) is 12.0 Å². The number of hydrogen-bond acceptors (Lipinski definition) is 5. The van der Waals surface area contributed by atoms with Crippen LogP contribution in [0.25, 0.3) is 0 Å². The zero-order chi connectivity index (χ0) is 22.1. The van der Waals surface area contributed by atoms with Crippen LogP contribution in [0, 0.1) is 0 Å². The molecule has 7 nitrogen and oxygen atoms in total. The lowest BCUT2D eigenvalue weighted by atomic mass is 10.1. The molecule has 0 bridgehead atoms. The average molecular weight is 435 g/mol. The van der Waals surface area contributed by atoms with Gasteiger partial charge in [0, 0.05) is 32.9 Å². The van der Waals surface area contributed by atoms with Crippen LogP contribution < -0.4 is 16.0 Å². The lowest BCUT2D eigenvalue weighted by molar-refractivity contribution is -0.141. The summed E-state index contributed by atoms with van der Waals surface area (Å²) in [5.74, 6) is 0.574. The Morgan fingerprint density at radius 1 is 1.10 bits per heavy atom. The monoisotopic (exact) mass is 435 g/mol. The van der Waals surface area contributed by atoms with Gasteiger partial charge in [-0.3, -0.25) is 9.89 Å². The fourth-order valence-electron chi connectivity index (χ4n) is 3.56. The molecule has 2 aromatic rings. The highest BCUT2D eigenvalue weighted by atomic mass is 19.4. The summed E-state index contributed by atoms with van der Waals surface area (Å²) in [5, 5.41) is 9.32. The number of rotatable bonds is 8. The molecule has 0 radical (unpaired) electrons. The first-order valence-electron chi connectivity index (χ1n) is 10.3. The van der Waals surface area contributed by atoms with Crippen molar-refractivity contribution in [3.05, 3.63) is 53.9 Å². The standard InChI is InChI=1S/C21H28F3N7/c1-25-19(27-11-12-28-20-26-10-9-18(30-20)21(22,23)24)29-15-17(31-13-5-6-14-31)16-7-3-2-4-8-16/h2-4,7-10,17H,5-6,11-15H2,1H3,(H2,25,27,29)(H,26,28,30). The van der Waals surface area contributed by atoms with Crippen LogP contribution in [0.5, 0.6) is 0 Å². The van der Waals surface area contributed by atoms with Crippen molar-refractivity contribution < 1.29 is 13.2 Å². The van der Waals surface area contributed by atoms with Crippen molar-refractivity contribution in [2.45, 2.75) is 25.1 Å². The summed E-state index contributed by atoms with van der Waals surface area (Å²) in [6.07, 6.45) is -0.985. The van der Waals surface area contributed by atoms with Gasteiger partial charge in [0.1, 0.15) is 5.69 Å². The molecule has 1 aliphatic rings. The number of nitrogens with zero attached hydrogens (tertiary/aromatic N) is 4. The van der Waals surface area contributed by atoms with E-state index in [4.69, 9.17) is 0 Å². The SMILES string of the molecule is CN=C(NCCNc1nccc(C(F)(F)F)n1)NCC(c1ccccc1)N1CCCC1. The second kappa shape index (κ2) is 10.9. The molecule has 10 heteroatoms. The van der Waals surface area contributed by atoms with Gasteiger partial charge in [-0.25, -0.2) is 9.97 Å². The number of alkyl halides is 3. The molecule has 1 saturated heterocycles. The molecular formula is C21H28F3N7. The molecule has 1 unspecified atom stereocenters. The van der Waals surface area contributed by atoms with Gasteiger partial charge in [-0.15, -0.1) is 0 Å². The largest absolute Gasteiger partial charge is 0.433 e. The Labute approximate surface area is 180 Å². The van der Waals surface area contributed by atoms with E-state index in [0.29, 0.717) is 25.6 Å². The van der Waals surface area contributed by atoms with Crippen molar-refractivity contribution in [2.75, 3.05) is 45.1 Å². The van der Waals surface area contributed by atoms with Gasteiger partial charge >= 0.3 is 6.18 Å². The van der Waals surface area contributed by atoms with E-state index in [1.807, 2.05) is 18.2 Å². The highest BCUT2D eigenvalue weighted by Gasteiger charge is 2.32. The van der Waals surface area contributed by atoms with Crippen molar-refractivity contribution in [2.24, 2.45) is 4.99 Å². The third kappa shape index (κ3) is 6.81. The Kier molecular flexibility index (Phi) is 8.05. The van der Waals surface area contributed by atoms with Crippen molar-refractivity contribution in [3.63, 3.8) is 0 Å². The number of halogens is 3. The zero-order valence-corrected chi connectivity index (χ0v) is 17.5. The smallest absolute Gasteiger partial charge is 0.355 e. The molecule has 168 valence electrons. The molecule has 3 N–H and O–H groups in total. The van der Waals surface area contributed by atoms with E-state index in [2.05, 4.69) is 47.9 Å². The number of aliphatic imine (C=N–C) groups is 1. The first kappa shape index (κ1) is 22.8. The Morgan fingerprint density at radius 3 is 2.52 bits per heavy atom. The summed E-state index contributed by atoms with van der Waals surface area (Å²) in [5.41, 5.74) is 0.292. The van der Waals surface area contributed by atoms with Crippen molar-refractivity contribution in [1.82, 2.24) is 25.5 Å². The normalized spacial score (nSPS) is 16.2. The summed E-state index contributed by atoms with van der Waals surface area (Å²) in [7, 11) is 1.69. The van der Waals surface area contributed by atoms with Crippen LogP contribution >= 0.6 is 0 Å². The number of nitrogens with one attached hydrogen (secondary N) is 3. The maximum atomic E-state index is 12.7. The second-order valence-electron chi connectivity index (χ2n) is 7.24. The Balaban J connectivity index is 1.48. The van der Waals surface area contributed by atoms with Crippen LogP contribution in [0.3, 0.4) is 0 Å². The highest BCUT2D eigenvalue weighted by molar-refractivity contribution is 5.79. The average Bonchev–Trinajstić information content (AvgIpc) is 3.30. The number of hydrogen-bond donors (Lipinski definition) is 3. The quantitative estimate of drug-likeness (QED) is 0.336. The maximum Gasteiger partial charge on any atom is 0.433 e. The van der Waals surface area contributed by atoms with Gasteiger partial charge in [0.25, 0.3) is 0 Å².